The van der Waals surface area contributed by atoms with E-state index in [4.69, 9.17) is 16.2 Å². The molecular weight excluding hydrogens is 184 g/mol. The minimum absolute atomic E-state index is 0.0968. The maximum Gasteiger partial charge on any atom is 0.306 e. The lowest BCUT2D eigenvalue weighted by Crippen LogP contribution is -2.22. The first kappa shape index (κ1) is 12.4. The summed E-state index contributed by atoms with van der Waals surface area (Å²) in [4.78, 5) is 10.9. The molecule has 6 heteroatoms. The Kier molecular flexibility index (Phi) is 6.09. The van der Waals surface area contributed by atoms with E-state index in [-0.39, 0.29) is 11.9 Å². The molecule has 4 N–H and O–H groups in total. The van der Waals surface area contributed by atoms with Crippen LogP contribution in [0.2, 0.25) is 0 Å². The van der Waals surface area contributed by atoms with Crippen molar-refractivity contribution < 1.29 is 9.53 Å². The van der Waals surface area contributed by atoms with Gasteiger partial charge in [-0.1, -0.05) is 0 Å². The van der Waals surface area contributed by atoms with E-state index in [9.17, 15) is 4.79 Å². The lowest BCUT2D eigenvalue weighted by molar-refractivity contribution is -0.142. The summed E-state index contributed by atoms with van der Waals surface area (Å²) in [5.41, 5.74) is 10.8. The molecule has 0 amide bonds. The van der Waals surface area contributed by atoms with Crippen molar-refractivity contribution >= 4 is 17.6 Å². The Morgan fingerprint density at radius 1 is 1.29 bits per heavy atom. The zero-order valence-electron chi connectivity index (χ0n) is 8.49. The number of ether oxygens (including phenoxy) is 1. The van der Waals surface area contributed by atoms with Crippen LogP contribution in [0, 0.1) is 0 Å². The molecule has 0 saturated carbocycles. The molecule has 0 aromatic carbocycles. The van der Waals surface area contributed by atoms with Gasteiger partial charge >= 0.3 is 5.97 Å². The van der Waals surface area contributed by atoms with E-state index in [1.165, 1.54) is 0 Å². The summed E-state index contributed by atoms with van der Waals surface area (Å²) in [6.07, 6.45) is 0.790. The number of guanidine groups is 1. The fourth-order valence-electron chi connectivity index (χ4n) is 0.709. The molecule has 0 radical (unpaired) electrons. The molecule has 0 rings (SSSR count). The van der Waals surface area contributed by atoms with E-state index in [0.29, 0.717) is 25.2 Å². The van der Waals surface area contributed by atoms with Crippen molar-refractivity contribution in [2.75, 3.05) is 6.61 Å². The Morgan fingerprint density at radius 3 is 2.43 bits per heavy atom. The predicted molar refractivity (Wildman–Crippen MR) is 54.8 cm³/mol. The first-order valence-electron chi connectivity index (χ1n) is 4.34. The van der Waals surface area contributed by atoms with Crippen LogP contribution in [0.5, 0.6) is 0 Å². The summed E-state index contributed by atoms with van der Waals surface area (Å²) in [6, 6.07) is 0. The van der Waals surface area contributed by atoms with E-state index in [2.05, 4.69) is 10.2 Å². The van der Waals surface area contributed by atoms with Gasteiger partial charge in [-0.3, -0.25) is 4.79 Å². The molecule has 0 bridgehead atoms. The summed E-state index contributed by atoms with van der Waals surface area (Å²) in [7, 11) is 0. The second-order valence-corrected chi connectivity index (χ2v) is 2.67. The molecule has 0 atom stereocenters. The van der Waals surface area contributed by atoms with Crippen LogP contribution in [-0.4, -0.2) is 24.2 Å². The number of hydrogen-bond donors (Lipinski definition) is 2. The van der Waals surface area contributed by atoms with Gasteiger partial charge in [0.2, 0.25) is 5.96 Å². The van der Waals surface area contributed by atoms with Crippen LogP contribution in [-0.2, 0) is 9.53 Å². The second kappa shape index (κ2) is 6.88. The number of carbonyl (C=O) groups excluding carboxylic acids is 1. The molecule has 0 spiro atoms. The highest BCUT2D eigenvalue weighted by Crippen LogP contribution is 1.96. The highest BCUT2D eigenvalue weighted by molar-refractivity contribution is 5.86. The first-order chi connectivity index (χ1) is 6.56. The van der Waals surface area contributed by atoms with Crippen LogP contribution in [0.1, 0.15) is 26.7 Å². The lowest BCUT2D eigenvalue weighted by Gasteiger charge is -2.00. The summed E-state index contributed by atoms with van der Waals surface area (Å²) < 4.78 is 4.74. The van der Waals surface area contributed by atoms with Gasteiger partial charge in [0.05, 0.1) is 13.0 Å². The number of rotatable bonds is 5. The van der Waals surface area contributed by atoms with E-state index in [1.54, 1.807) is 13.8 Å². The van der Waals surface area contributed by atoms with Crippen molar-refractivity contribution in [3.8, 4) is 0 Å². The fraction of sp³-hybridized carbons (Fsp3) is 0.625. The van der Waals surface area contributed by atoms with Gasteiger partial charge in [0, 0.05) is 5.71 Å². The summed E-state index contributed by atoms with van der Waals surface area (Å²) in [5, 5.41) is 7.16. The molecule has 0 unspecified atom stereocenters. The number of hydrogen-bond acceptors (Lipinski definition) is 4. The number of nitrogens with two attached hydrogens (primary N) is 2. The summed E-state index contributed by atoms with van der Waals surface area (Å²) in [6.45, 7) is 3.90. The third-order valence-corrected chi connectivity index (χ3v) is 1.33. The summed E-state index contributed by atoms with van der Waals surface area (Å²) in [5.74, 6) is -0.341. The lowest BCUT2D eigenvalue weighted by atomic mass is 10.2. The molecule has 80 valence electrons. The molecule has 0 heterocycles. The average molecular weight is 200 g/mol. The van der Waals surface area contributed by atoms with Crippen LogP contribution in [0.4, 0.5) is 0 Å². The SMILES string of the molecule is CCOC(=O)CC/C(C)=N\N=C(N)N. The molecule has 0 aromatic rings. The summed E-state index contributed by atoms with van der Waals surface area (Å²) >= 11 is 0. The Labute approximate surface area is 83.0 Å². The smallest absolute Gasteiger partial charge is 0.306 e. The Balaban J connectivity index is 3.84. The maximum atomic E-state index is 10.9. The van der Waals surface area contributed by atoms with Crippen LogP contribution in [0.25, 0.3) is 0 Å². The molecule has 0 aliphatic heterocycles. The molecule has 0 aromatic heterocycles. The molecule has 0 fully saturated rings. The van der Waals surface area contributed by atoms with Crippen LogP contribution >= 0.6 is 0 Å². The molecule has 0 aliphatic carbocycles. The standard InChI is InChI=1S/C8H16N4O2/c1-3-14-7(13)5-4-6(2)11-12-8(9)10/h3-5H2,1-2H3,(H4,9,10,12)/b11-6-. The topological polar surface area (TPSA) is 103 Å². The Bertz CT molecular complexity index is 244. The van der Waals surface area contributed by atoms with Gasteiger partial charge in [-0.05, 0) is 20.3 Å². The quantitative estimate of drug-likeness (QED) is 0.281. The van der Waals surface area contributed by atoms with Gasteiger partial charge in [-0.15, -0.1) is 5.10 Å². The van der Waals surface area contributed by atoms with Crippen molar-refractivity contribution in [1.29, 1.82) is 0 Å². The van der Waals surface area contributed by atoms with Crippen molar-refractivity contribution in [1.82, 2.24) is 0 Å². The number of nitrogens with zero attached hydrogens (tertiary/aromatic N) is 2. The third kappa shape index (κ3) is 7.08. The zero-order chi connectivity index (χ0) is 11.0. The van der Waals surface area contributed by atoms with Gasteiger partial charge in [-0.2, -0.15) is 5.10 Å². The van der Waals surface area contributed by atoms with Gasteiger partial charge in [0.1, 0.15) is 0 Å². The molecule has 14 heavy (non-hydrogen) atoms. The van der Waals surface area contributed by atoms with Gasteiger partial charge in [-0.25, -0.2) is 0 Å². The average Bonchev–Trinajstić information content (AvgIpc) is 2.12. The second-order valence-electron chi connectivity index (χ2n) is 2.67. The molecule has 6 nitrogen and oxygen atoms in total. The van der Waals surface area contributed by atoms with E-state index >= 15 is 0 Å². The van der Waals surface area contributed by atoms with E-state index < -0.39 is 0 Å². The number of carbonyl (C=O) groups is 1. The van der Waals surface area contributed by atoms with Crippen molar-refractivity contribution in [3.05, 3.63) is 0 Å². The van der Waals surface area contributed by atoms with Crippen molar-refractivity contribution in [3.63, 3.8) is 0 Å². The molecule has 0 aliphatic rings. The van der Waals surface area contributed by atoms with Crippen LogP contribution in [0.3, 0.4) is 0 Å². The van der Waals surface area contributed by atoms with E-state index in [0.717, 1.165) is 0 Å². The predicted octanol–water partition coefficient (Wildman–Crippen LogP) is -0.0210. The highest BCUT2D eigenvalue weighted by atomic mass is 16.5. The maximum absolute atomic E-state index is 10.9. The largest absolute Gasteiger partial charge is 0.466 e. The Morgan fingerprint density at radius 2 is 1.93 bits per heavy atom. The molecular formula is C8H16N4O2. The van der Waals surface area contributed by atoms with Crippen LogP contribution in [0.15, 0.2) is 10.2 Å². The van der Waals surface area contributed by atoms with Gasteiger partial charge < -0.3 is 16.2 Å². The van der Waals surface area contributed by atoms with Gasteiger partial charge in [0.15, 0.2) is 0 Å². The zero-order valence-corrected chi connectivity index (χ0v) is 8.49. The molecule has 0 saturated heterocycles. The highest BCUT2D eigenvalue weighted by Gasteiger charge is 2.02. The van der Waals surface area contributed by atoms with Gasteiger partial charge in [0.25, 0.3) is 0 Å². The van der Waals surface area contributed by atoms with Crippen molar-refractivity contribution in [2.45, 2.75) is 26.7 Å². The van der Waals surface area contributed by atoms with E-state index in [1.807, 2.05) is 0 Å². The van der Waals surface area contributed by atoms with Crippen LogP contribution < -0.4 is 11.5 Å². The number of esters is 1. The minimum Gasteiger partial charge on any atom is -0.466 e. The normalized spacial score (nSPS) is 10.9. The van der Waals surface area contributed by atoms with Crippen molar-refractivity contribution in [2.24, 2.45) is 21.7 Å². The minimum atomic E-state index is -0.244. The fourth-order valence-corrected chi connectivity index (χ4v) is 0.709. The first-order valence-corrected chi connectivity index (χ1v) is 4.34. The Hall–Kier alpha value is -1.59. The monoisotopic (exact) mass is 200 g/mol. The third-order valence-electron chi connectivity index (χ3n) is 1.33.